The number of nitriles is 1. The summed E-state index contributed by atoms with van der Waals surface area (Å²) in [7, 11) is 1.79. The topological polar surface area (TPSA) is 171 Å². The first-order valence-corrected chi connectivity index (χ1v) is 24.9. The van der Waals surface area contributed by atoms with Crippen LogP contribution in [-0.4, -0.2) is 90.8 Å². The van der Waals surface area contributed by atoms with E-state index < -0.39 is 6.43 Å². The van der Waals surface area contributed by atoms with Crippen LogP contribution in [0.5, 0.6) is 5.75 Å². The maximum atomic E-state index is 14.7. The average Bonchev–Trinajstić information content (AvgIpc) is 3.96. The molecule has 3 saturated carbocycles. The highest BCUT2D eigenvalue weighted by atomic mass is 35.5. The number of aromatic nitrogens is 6. The quantitative estimate of drug-likeness (QED) is 0.0966. The molecule has 18 heteroatoms. The molecule has 2 amide bonds. The van der Waals surface area contributed by atoms with Gasteiger partial charge in [-0.1, -0.05) is 11.6 Å². The van der Waals surface area contributed by atoms with Crippen LogP contribution in [0.2, 0.25) is 5.02 Å². The van der Waals surface area contributed by atoms with Gasteiger partial charge in [0.2, 0.25) is 5.91 Å². The summed E-state index contributed by atoms with van der Waals surface area (Å²) in [6.45, 7) is 4.84. The van der Waals surface area contributed by atoms with E-state index in [1.54, 1.807) is 67.4 Å². The molecule has 0 unspecified atom stereocenters. The lowest BCUT2D eigenvalue weighted by Gasteiger charge is -2.52. The summed E-state index contributed by atoms with van der Waals surface area (Å²) >= 11 is 6.16. The normalized spacial score (nSPS) is 23.2. The molecule has 5 aliphatic rings. The van der Waals surface area contributed by atoms with Crippen molar-refractivity contribution in [1.82, 2.24) is 45.3 Å². The first-order valence-electron chi connectivity index (χ1n) is 24.5. The molecular formula is C51H59ClF2N12O3. The van der Waals surface area contributed by atoms with Gasteiger partial charge in [-0.05, 0) is 130 Å². The second kappa shape index (κ2) is 19.7. The number of carbonyl (C=O) groups is 2. The van der Waals surface area contributed by atoms with Crippen molar-refractivity contribution in [2.75, 3.05) is 36.4 Å². The van der Waals surface area contributed by atoms with Crippen molar-refractivity contribution in [3.63, 3.8) is 0 Å². The Labute approximate surface area is 405 Å². The minimum atomic E-state index is -2.65. The van der Waals surface area contributed by atoms with Crippen LogP contribution in [-0.2, 0) is 31.2 Å². The highest BCUT2D eigenvalue weighted by Gasteiger charge is 2.47. The summed E-state index contributed by atoms with van der Waals surface area (Å²) in [6.07, 6.45) is 12.9. The molecule has 0 radical (unpaired) electrons. The van der Waals surface area contributed by atoms with Crippen LogP contribution < -0.4 is 25.6 Å². The molecule has 3 N–H and O–H groups in total. The van der Waals surface area contributed by atoms with Crippen LogP contribution in [0.1, 0.15) is 128 Å². The molecule has 3 aromatic heterocycles. The van der Waals surface area contributed by atoms with Crippen molar-refractivity contribution >= 4 is 40.7 Å². The Kier molecular flexibility index (Phi) is 13.3. The maximum Gasteiger partial charge on any atom is 0.272 e. The summed E-state index contributed by atoms with van der Waals surface area (Å²) in [5.41, 5.74) is 6.21. The number of benzene rings is 2. The predicted molar refractivity (Wildman–Crippen MR) is 258 cm³/mol. The number of alkyl halides is 2. The van der Waals surface area contributed by atoms with Crippen LogP contribution in [0.25, 0.3) is 11.1 Å². The molecule has 3 fully saturated rings. The lowest BCUT2D eigenvalue weighted by molar-refractivity contribution is -0.129. The summed E-state index contributed by atoms with van der Waals surface area (Å²) in [5, 5.41) is 37.7. The zero-order valence-corrected chi connectivity index (χ0v) is 40.0. The predicted octanol–water partition coefficient (Wildman–Crippen LogP) is 8.61. The first kappa shape index (κ1) is 46.6. The molecule has 2 aromatic carbocycles. The summed E-state index contributed by atoms with van der Waals surface area (Å²) < 4.78 is 39.5. The molecule has 5 heterocycles. The van der Waals surface area contributed by atoms with Crippen molar-refractivity contribution in [1.29, 1.82) is 5.26 Å². The number of nitrogens with one attached hydrogen (secondary N) is 3. The SMILES string of the molecule is CC(=O)N1CCc2c(c(N3CCCc4cc(-c5cnn(C)c5)c(C(F)F)cc43)nn2C2CCC3(CC2)CC(NCCNc2ccc(C(=O)NC4CCC(Oc5ccc(C#N)c(Cl)c5)CC4)nn2)C3)C1. The van der Waals surface area contributed by atoms with Gasteiger partial charge in [0.25, 0.3) is 12.3 Å². The summed E-state index contributed by atoms with van der Waals surface area (Å²) in [4.78, 5) is 29.7. The van der Waals surface area contributed by atoms with Gasteiger partial charge in [0.1, 0.15) is 17.6 Å². The van der Waals surface area contributed by atoms with Gasteiger partial charge < -0.3 is 30.5 Å². The molecule has 1 spiro atoms. The summed E-state index contributed by atoms with van der Waals surface area (Å²) in [6, 6.07) is 14.9. The fourth-order valence-corrected chi connectivity index (χ4v) is 11.7. The molecule has 69 heavy (non-hydrogen) atoms. The minimum Gasteiger partial charge on any atom is -0.490 e. The smallest absolute Gasteiger partial charge is 0.272 e. The lowest BCUT2D eigenvalue weighted by atomic mass is 9.57. The van der Waals surface area contributed by atoms with E-state index in [1.165, 1.54) is 5.69 Å². The number of nitrogens with zero attached hydrogens (tertiary/aromatic N) is 9. The van der Waals surface area contributed by atoms with Gasteiger partial charge in [0, 0.05) is 99.0 Å². The molecular weight excluding hydrogens is 902 g/mol. The van der Waals surface area contributed by atoms with Gasteiger partial charge in [0.05, 0.1) is 35.5 Å². The highest BCUT2D eigenvalue weighted by molar-refractivity contribution is 6.31. The van der Waals surface area contributed by atoms with Crippen molar-refractivity contribution in [3.05, 3.63) is 93.5 Å². The Balaban J connectivity index is 0.696. The van der Waals surface area contributed by atoms with Gasteiger partial charge in [-0.15, -0.1) is 10.2 Å². The van der Waals surface area contributed by atoms with E-state index >= 15 is 0 Å². The largest absolute Gasteiger partial charge is 0.490 e. The third-order valence-corrected chi connectivity index (χ3v) is 15.6. The van der Waals surface area contributed by atoms with Gasteiger partial charge >= 0.3 is 0 Å². The van der Waals surface area contributed by atoms with Crippen LogP contribution in [0.15, 0.2) is 54.9 Å². The Morgan fingerprint density at radius 1 is 0.986 bits per heavy atom. The molecule has 0 saturated heterocycles. The number of fused-ring (bicyclic) bond motifs is 2. The standard InChI is InChI=1S/C51H59ClF2N12O3/c1-31(67)64-21-15-45-42(30-64)49(65-20-3-4-32-22-40(34-28-58-63(2)29-34)41(48(53)54)24-46(32)65)62-66(45)37-13-16-51(17-14-37)25-36(26-51)56-18-19-57-47-12-11-44(60-61-47)50(68)59-35-6-9-38(10-7-35)69-39-8-5-33(27-55)43(52)23-39/h5,8,11-12,22-24,28-29,35-38,48,56H,3-4,6-7,9-10,13-21,25-26,30H2,1-2H3,(H,57,61)(H,59,68). The molecule has 362 valence electrons. The van der Waals surface area contributed by atoms with Crippen molar-refractivity contribution < 1.29 is 23.1 Å². The van der Waals surface area contributed by atoms with Crippen LogP contribution in [0.4, 0.5) is 26.1 Å². The van der Waals surface area contributed by atoms with Crippen LogP contribution in [0, 0.1) is 16.7 Å². The van der Waals surface area contributed by atoms with E-state index in [4.69, 9.17) is 26.7 Å². The highest BCUT2D eigenvalue weighted by Crippen LogP contribution is 2.54. The molecule has 15 nitrogen and oxygen atoms in total. The maximum absolute atomic E-state index is 14.7. The summed E-state index contributed by atoms with van der Waals surface area (Å²) in [5.74, 6) is 1.84. The minimum absolute atomic E-state index is 0.00995. The number of aryl methyl sites for hydroxylation is 2. The molecule has 0 atom stereocenters. The Morgan fingerprint density at radius 3 is 2.49 bits per heavy atom. The molecule has 0 bridgehead atoms. The molecule has 10 rings (SSSR count). The van der Waals surface area contributed by atoms with Crippen molar-refractivity contribution in [2.24, 2.45) is 12.5 Å². The lowest BCUT2D eigenvalue weighted by Crippen LogP contribution is -2.51. The van der Waals surface area contributed by atoms with Gasteiger partial charge in [0.15, 0.2) is 11.5 Å². The van der Waals surface area contributed by atoms with E-state index in [2.05, 4.69) is 46.9 Å². The van der Waals surface area contributed by atoms with Crippen LogP contribution in [0.3, 0.4) is 0 Å². The number of hydrogen-bond acceptors (Lipinski definition) is 11. The van der Waals surface area contributed by atoms with Gasteiger partial charge in [-0.25, -0.2) is 8.78 Å². The van der Waals surface area contributed by atoms with E-state index in [-0.39, 0.29) is 41.3 Å². The number of anilines is 3. The average molecular weight is 962 g/mol. The van der Waals surface area contributed by atoms with Crippen LogP contribution >= 0.6 is 11.6 Å². The zero-order chi connectivity index (χ0) is 47.8. The van der Waals surface area contributed by atoms with E-state index in [0.717, 1.165) is 113 Å². The van der Waals surface area contributed by atoms with Crippen molar-refractivity contribution in [2.45, 2.75) is 128 Å². The number of amides is 2. The second-order valence-corrected chi connectivity index (χ2v) is 20.2. The Bertz CT molecular complexity index is 2730. The second-order valence-electron chi connectivity index (χ2n) is 19.8. The first-order chi connectivity index (χ1) is 33.4. The molecule has 3 aliphatic carbocycles. The van der Waals surface area contributed by atoms with Gasteiger partial charge in [-0.3, -0.25) is 19.0 Å². The monoisotopic (exact) mass is 960 g/mol. The number of ether oxygens (including phenoxy) is 1. The fraction of sp³-hybridized carbons (Fsp3) is 0.510. The fourth-order valence-electron chi connectivity index (χ4n) is 11.5. The van der Waals surface area contributed by atoms with E-state index in [1.807, 2.05) is 11.0 Å². The number of rotatable bonds is 13. The van der Waals surface area contributed by atoms with Gasteiger partial charge in [-0.2, -0.15) is 15.5 Å². The number of hydrogen-bond donors (Lipinski definition) is 3. The number of carbonyl (C=O) groups excluding carboxylic acids is 2. The Hall–Kier alpha value is -6.12. The zero-order valence-electron chi connectivity index (χ0n) is 39.2. The third kappa shape index (κ3) is 9.88. The van der Waals surface area contributed by atoms with E-state index in [0.29, 0.717) is 70.9 Å². The Morgan fingerprint density at radius 2 is 1.80 bits per heavy atom. The van der Waals surface area contributed by atoms with E-state index in [9.17, 15) is 18.4 Å². The van der Waals surface area contributed by atoms with Crippen molar-refractivity contribution in [3.8, 4) is 22.9 Å². The number of halogens is 3. The third-order valence-electron chi connectivity index (χ3n) is 15.2. The molecule has 5 aromatic rings. The molecule has 2 aliphatic heterocycles.